The van der Waals surface area contributed by atoms with Gasteiger partial charge in [0, 0.05) is 18.3 Å². The molecule has 1 aromatic carbocycles. The Morgan fingerprint density at radius 1 is 0.977 bits per heavy atom. The fourth-order valence-electron chi connectivity index (χ4n) is 5.33. The smallest absolute Gasteiger partial charge is 0.341 e. The van der Waals surface area contributed by atoms with Gasteiger partial charge in [0.25, 0.3) is 0 Å². The maximum Gasteiger partial charge on any atom is 0.341 e. The lowest BCUT2D eigenvalue weighted by Crippen LogP contribution is -2.33. The number of imidazole rings is 1. The Morgan fingerprint density at radius 2 is 1.82 bits per heavy atom. The number of pyridine rings is 1. The van der Waals surface area contributed by atoms with E-state index in [1.807, 2.05) is 30.3 Å². The molecule has 2 aliphatic heterocycles. The van der Waals surface area contributed by atoms with Crippen LogP contribution in [0.15, 0.2) is 61.3 Å². The Bertz CT molecular complexity index is 1600. The molecule has 230 valence electrons. The van der Waals surface area contributed by atoms with Gasteiger partial charge in [0.15, 0.2) is 29.5 Å². The largest absolute Gasteiger partial charge is 0.477 e. The number of nitrogens with zero attached hydrogens (tertiary/aromatic N) is 5. The molecule has 14 heteroatoms. The van der Waals surface area contributed by atoms with Crippen molar-refractivity contribution < 1.29 is 33.6 Å². The first-order valence-electron chi connectivity index (χ1n) is 14.6. The Kier molecular flexibility index (Phi) is 8.91. The Hall–Kier alpha value is -4.66. The van der Waals surface area contributed by atoms with Gasteiger partial charge in [-0.15, -0.1) is 0 Å². The summed E-state index contributed by atoms with van der Waals surface area (Å²) < 4.78 is 26.7. The molecule has 4 unspecified atom stereocenters. The van der Waals surface area contributed by atoms with Gasteiger partial charge in [-0.1, -0.05) is 56.5 Å². The molecule has 4 aromatic rings. The number of fused-ring (bicyclic) bond motifs is 2. The zero-order chi connectivity index (χ0) is 30.5. The Morgan fingerprint density at radius 3 is 2.64 bits per heavy atom. The number of aromatic nitrogens is 5. The molecule has 2 fully saturated rings. The molecule has 0 radical (unpaired) electrons. The number of carboxylic acids is 1. The summed E-state index contributed by atoms with van der Waals surface area (Å²) in [5.41, 5.74) is 1.58. The van der Waals surface area contributed by atoms with E-state index in [4.69, 9.17) is 18.9 Å². The number of hydrogen-bond acceptors (Lipinski definition) is 10. The van der Waals surface area contributed by atoms with Crippen molar-refractivity contribution in [2.24, 2.45) is 0 Å². The molecule has 5 atom stereocenters. The molecule has 14 nitrogen and oxygen atoms in total. The second-order valence-corrected chi connectivity index (χ2v) is 10.5. The van der Waals surface area contributed by atoms with Crippen LogP contribution in [0.3, 0.4) is 0 Å². The van der Waals surface area contributed by atoms with Gasteiger partial charge in [-0.25, -0.2) is 29.5 Å². The van der Waals surface area contributed by atoms with Gasteiger partial charge >= 0.3 is 12.0 Å². The molecule has 6 rings (SSSR count). The molecular weight excluding hydrogens is 570 g/mol. The molecule has 2 aliphatic rings. The van der Waals surface area contributed by atoms with Crippen molar-refractivity contribution in [1.82, 2.24) is 29.8 Å². The number of aromatic carboxylic acids is 1. The predicted octanol–water partition coefficient (Wildman–Crippen LogP) is 4.08. The third-order valence-electron chi connectivity index (χ3n) is 7.49. The minimum Gasteiger partial charge on any atom is -0.477 e. The lowest BCUT2D eigenvalue weighted by Gasteiger charge is -2.21. The van der Waals surface area contributed by atoms with Crippen LogP contribution in [0.1, 0.15) is 61.0 Å². The molecule has 5 heterocycles. The molecule has 44 heavy (non-hydrogen) atoms. The fraction of sp³-hybridized carbons (Fsp3) is 0.400. The number of rotatable bonds is 12. The van der Waals surface area contributed by atoms with Crippen molar-refractivity contribution in [3.8, 4) is 5.88 Å². The van der Waals surface area contributed by atoms with Crippen molar-refractivity contribution in [2.45, 2.75) is 63.4 Å². The van der Waals surface area contributed by atoms with Crippen molar-refractivity contribution in [3.05, 3.63) is 72.4 Å². The van der Waals surface area contributed by atoms with Crippen molar-refractivity contribution in [1.29, 1.82) is 0 Å². The van der Waals surface area contributed by atoms with Gasteiger partial charge in [0.1, 0.15) is 36.8 Å². The highest BCUT2D eigenvalue weighted by atomic mass is 16.8. The van der Waals surface area contributed by atoms with Gasteiger partial charge in [0.2, 0.25) is 5.88 Å². The molecular formula is C30H33N7O7. The van der Waals surface area contributed by atoms with E-state index < -0.39 is 36.8 Å². The van der Waals surface area contributed by atoms with Crippen LogP contribution in [0, 0.1) is 0 Å². The van der Waals surface area contributed by atoms with E-state index >= 15 is 0 Å². The average Bonchev–Trinajstić information content (AvgIpc) is 3.75. The van der Waals surface area contributed by atoms with Crippen LogP contribution in [0.2, 0.25) is 0 Å². The zero-order valence-electron chi connectivity index (χ0n) is 24.0. The average molecular weight is 604 g/mol. The van der Waals surface area contributed by atoms with Gasteiger partial charge in [0.05, 0.1) is 6.33 Å². The summed E-state index contributed by atoms with van der Waals surface area (Å²) in [7, 11) is 0. The summed E-state index contributed by atoms with van der Waals surface area (Å²) in [5, 5.41) is 15.2. The topological polar surface area (TPSA) is 172 Å². The fourth-order valence-corrected chi connectivity index (χ4v) is 5.33. The molecule has 3 N–H and O–H groups in total. The number of carbonyl (C=O) groups excluding carboxylic acids is 1. The lowest BCUT2D eigenvalue weighted by molar-refractivity contribution is -0.152. The van der Waals surface area contributed by atoms with Crippen LogP contribution in [0.25, 0.3) is 11.2 Å². The van der Waals surface area contributed by atoms with Crippen molar-refractivity contribution in [3.63, 3.8) is 0 Å². The summed E-state index contributed by atoms with van der Waals surface area (Å²) in [6.07, 6.45) is 5.33. The molecule has 2 amide bonds. The highest BCUT2D eigenvalue weighted by Gasteiger charge is 2.54. The molecule has 0 bridgehead atoms. The third-order valence-corrected chi connectivity index (χ3v) is 7.49. The van der Waals surface area contributed by atoms with E-state index in [-0.39, 0.29) is 29.9 Å². The van der Waals surface area contributed by atoms with E-state index in [2.05, 4.69) is 37.5 Å². The monoisotopic (exact) mass is 603 g/mol. The van der Waals surface area contributed by atoms with Crippen LogP contribution < -0.4 is 15.4 Å². The Labute approximate surface area is 252 Å². The minimum atomic E-state index is -1.15. The van der Waals surface area contributed by atoms with Crippen LogP contribution in [-0.4, -0.2) is 73.1 Å². The number of unbranched alkanes of at least 4 members (excludes halogenated alkanes) is 3. The maximum absolute atomic E-state index is 12.5. The number of anilines is 1. The van der Waals surface area contributed by atoms with Gasteiger partial charge in [-0.05, 0) is 18.6 Å². The zero-order valence-corrected chi connectivity index (χ0v) is 24.0. The number of amides is 2. The number of urea groups is 1. The van der Waals surface area contributed by atoms with E-state index in [0.29, 0.717) is 17.7 Å². The van der Waals surface area contributed by atoms with E-state index in [9.17, 15) is 14.7 Å². The summed E-state index contributed by atoms with van der Waals surface area (Å²) in [6, 6.07) is 12.1. The molecule has 0 saturated carbocycles. The van der Waals surface area contributed by atoms with Crippen LogP contribution >= 0.6 is 0 Å². The quantitative estimate of drug-likeness (QED) is 0.199. The number of hydrogen-bond donors (Lipinski definition) is 3. The predicted molar refractivity (Wildman–Crippen MR) is 156 cm³/mol. The molecule has 2 saturated heterocycles. The summed E-state index contributed by atoms with van der Waals surface area (Å²) in [6.45, 7) is 2.65. The molecule has 0 aliphatic carbocycles. The highest BCUT2D eigenvalue weighted by molar-refractivity contribution is 5.95. The third kappa shape index (κ3) is 6.18. The van der Waals surface area contributed by atoms with Gasteiger partial charge in [-0.2, -0.15) is 0 Å². The standard InChI is InChI=1S/C30H33N7O7/c1-2-3-4-8-13-32-30(40)36-24-21-25(34-16-33-24)37(17-35-21)27-23-22(43-29(44-23)18-10-6-5-7-11-18)20(42-27)15-41-26-19(28(38)39)12-9-14-31-26/h5-7,9-12,14,16-17,20,22-23,27,29H,2-4,8,13,15H2,1H3,(H,38,39)(H2,32,33,34,36,40)/t20?,22?,23-,27?,29?/m0/s1. The number of carbonyl (C=O) groups is 2. The van der Waals surface area contributed by atoms with Crippen molar-refractivity contribution >= 4 is 29.0 Å². The lowest BCUT2D eigenvalue weighted by atomic mass is 10.1. The highest BCUT2D eigenvalue weighted by Crippen LogP contribution is 2.45. The van der Waals surface area contributed by atoms with E-state index in [0.717, 1.165) is 31.2 Å². The number of nitrogens with one attached hydrogen (secondary N) is 2. The Balaban J connectivity index is 1.23. The second-order valence-electron chi connectivity index (χ2n) is 10.5. The first-order chi connectivity index (χ1) is 21.5. The van der Waals surface area contributed by atoms with Crippen LogP contribution in [0.5, 0.6) is 5.88 Å². The summed E-state index contributed by atoms with van der Waals surface area (Å²) >= 11 is 0. The maximum atomic E-state index is 12.5. The van der Waals surface area contributed by atoms with Gasteiger partial charge < -0.3 is 29.4 Å². The molecule has 3 aromatic heterocycles. The summed E-state index contributed by atoms with van der Waals surface area (Å²) in [5.74, 6) is -0.918. The first kappa shape index (κ1) is 29.4. The summed E-state index contributed by atoms with van der Waals surface area (Å²) in [4.78, 5) is 41.4. The second kappa shape index (κ2) is 13.3. The SMILES string of the molecule is CCCCCCNC(=O)Nc1ncnc2c1ncn2C1OC(COc2ncccc2C(=O)O)C2OC(c3ccccc3)O[C@@H]21. The van der Waals surface area contributed by atoms with Crippen molar-refractivity contribution in [2.75, 3.05) is 18.5 Å². The minimum absolute atomic E-state index is 0.0256. The number of carboxylic acid groups (broad SMARTS) is 1. The number of benzene rings is 1. The van der Waals surface area contributed by atoms with Crippen LogP contribution in [0.4, 0.5) is 10.6 Å². The molecule has 0 spiro atoms. The van der Waals surface area contributed by atoms with E-state index in [1.54, 1.807) is 10.9 Å². The van der Waals surface area contributed by atoms with Crippen LogP contribution in [-0.2, 0) is 14.2 Å². The normalized spacial score (nSPS) is 22.5. The first-order valence-corrected chi connectivity index (χ1v) is 14.6. The van der Waals surface area contributed by atoms with Gasteiger partial charge in [-0.3, -0.25) is 9.88 Å². The number of ether oxygens (including phenoxy) is 4. The van der Waals surface area contributed by atoms with E-state index in [1.165, 1.54) is 24.7 Å².